The van der Waals surface area contributed by atoms with E-state index in [9.17, 15) is 31.8 Å². The monoisotopic (exact) mass is 345 g/mol. The summed E-state index contributed by atoms with van der Waals surface area (Å²) in [6.45, 7) is 0. The maximum absolute atomic E-state index is 13.2. The molecular formula is C14H8F4NO3P. The summed E-state index contributed by atoms with van der Waals surface area (Å²) >= 11 is 0. The van der Waals surface area contributed by atoms with Gasteiger partial charge in [-0.15, -0.1) is 0 Å². The predicted molar refractivity (Wildman–Crippen MR) is 73.0 cm³/mol. The van der Waals surface area contributed by atoms with Gasteiger partial charge in [-0.3, -0.25) is 4.79 Å². The molecule has 1 N–H and O–H groups in total. The first-order valence-electron chi connectivity index (χ1n) is 6.11. The van der Waals surface area contributed by atoms with Crippen LogP contribution >= 0.6 is 8.03 Å². The van der Waals surface area contributed by atoms with Crippen LogP contribution in [0.3, 0.4) is 0 Å². The fourth-order valence-corrected chi connectivity index (χ4v) is 2.24. The first-order chi connectivity index (χ1) is 10.7. The fraction of sp³-hybridized carbons (Fsp3) is 0.0714. The Morgan fingerprint density at radius 3 is 2.43 bits per heavy atom. The lowest BCUT2D eigenvalue weighted by molar-refractivity contribution is -0.160. The summed E-state index contributed by atoms with van der Waals surface area (Å²) in [5.74, 6) is -2.27. The van der Waals surface area contributed by atoms with E-state index in [1.807, 2.05) is 0 Å². The summed E-state index contributed by atoms with van der Waals surface area (Å²) in [6, 6.07) is 6.99. The van der Waals surface area contributed by atoms with Crippen molar-refractivity contribution in [1.82, 2.24) is 0 Å². The highest BCUT2D eigenvalue weighted by Gasteiger charge is 2.34. The van der Waals surface area contributed by atoms with E-state index < -0.39 is 31.5 Å². The molecule has 2 aromatic carbocycles. The molecule has 0 saturated carbocycles. The van der Waals surface area contributed by atoms with Crippen LogP contribution in [0.4, 0.5) is 23.2 Å². The van der Waals surface area contributed by atoms with Crippen molar-refractivity contribution in [3.05, 3.63) is 59.4 Å². The Labute approximate surface area is 128 Å². The average Bonchev–Trinajstić information content (AvgIpc) is 2.48. The summed E-state index contributed by atoms with van der Waals surface area (Å²) in [7, 11) is -2.90. The topological polar surface area (TPSA) is 69.2 Å². The lowest BCUT2D eigenvalue weighted by Gasteiger charge is -2.11. The fourth-order valence-electron chi connectivity index (χ4n) is 1.78. The minimum absolute atomic E-state index is 0.0559. The molecule has 1 amide bonds. The van der Waals surface area contributed by atoms with E-state index in [-0.39, 0.29) is 16.6 Å². The van der Waals surface area contributed by atoms with Crippen LogP contribution in [0, 0.1) is 5.82 Å². The zero-order valence-corrected chi connectivity index (χ0v) is 12.1. The Balaban J connectivity index is 2.27. The number of alkyl halides is 3. The first-order valence-corrected chi connectivity index (χ1v) is 7.29. The normalized spacial score (nSPS) is 12.0. The summed E-state index contributed by atoms with van der Waals surface area (Å²) in [6.07, 6.45) is -4.90. The van der Waals surface area contributed by atoms with Crippen LogP contribution in [0.15, 0.2) is 42.5 Å². The first kappa shape index (κ1) is 17.1. The van der Waals surface area contributed by atoms with Gasteiger partial charge in [-0.1, -0.05) is 10.6 Å². The van der Waals surface area contributed by atoms with Crippen molar-refractivity contribution in [3.8, 4) is 0 Å². The molecule has 0 fully saturated rings. The van der Waals surface area contributed by atoms with Gasteiger partial charge in [-0.25, -0.2) is 4.39 Å². The molecule has 0 aliphatic rings. The molecular weight excluding hydrogens is 337 g/mol. The number of nitrogens with one attached hydrogen (secondary N) is 1. The number of hydrogen-bond donors (Lipinski definition) is 1. The number of benzene rings is 2. The van der Waals surface area contributed by atoms with Gasteiger partial charge < -0.3 is 10.2 Å². The van der Waals surface area contributed by atoms with Crippen molar-refractivity contribution < 1.29 is 31.8 Å². The van der Waals surface area contributed by atoms with Crippen LogP contribution in [-0.2, 0) is 10.7 Å². The average molecular weight is 345 g/mol. The van der Waals surface area contributed by atoms with E-state index in [2.05, 4.69) is 5.32 Å². The van der Waals surface area contributed by atoms with Crippen LogP contribution < -0.4 is 15.5 Å². The summed E-state index contributed by atoms with van der Waals surface area (Å²) in [5, 5.41) is 2.05. The maximum Gasteiger partial charge on any atom is 0.419 e. The van der Waals surface area contributed by atoms with Crippen LogP contribution in [-0.4, -0.2) is 5.91 Å². The van der Waals surface area contributed by atoms with Gasteiger partial charge in [0.15, 0.2) is 5.30 Å². The Bertz CT molecular complexity index is 777. The number of halogens is 4. The molecule has 0 aromatic heterocycles. The van der Waals surface area contributed by atoms with Crippen molar-refractivity contribution in [2.24, 2.45) is 0 Å². The minimum atomic E-state index is -4.90. The molecule has 1 atom stereocenters. The molecule has 9 heteroatoms. The van der Waals surface area contributed by atoms with E-state index in [4.69, 9.17) is 0 Å². The second-order valence-corrected chi connectivity index (χ2v) is 5.48. The molecule has 0 aliphatic heterocycles. The Hall–Kier alpha value is -2.31. The quantitative estimate of drug-likeness (QED) is 0.687. The molecule has 4 nitrogen and oxygen atoms in total. The number of carbonyl (C=O) groups is 1. The number of hydrogen-bond acceptors (Lipinski definition) is 3. The number of rotatable bonds is 3. The third kappa shape index (κ3) is 4.12. The molecule has 0 aliphatic carbocycles. The molecule has 0 saturated heterocycles. The molecule has 0 bridgehead atoms. The smallest absolute Gasteiger partial charge is 0.419 e. The van der Waals surface area contributed by atoms with E-state index in [1.165, 1.54) is 18.2 Å². The zero-order valence-electron chi connectivity index (χ0n) is 11.2. The van der Waals surface area contributed by atoms with Crippen LogP contribution in [0.25, 0.3) is 0 Å². The third-order valence-electron chi connectivity index (χ3n) is 2.85. The highest BCUT2D eigenvalue weighted by atomic mass is 31.1. The van der Waals surface area contributed by atoms with Crippen molar-refractivity contribution in [1.29, 1.82) is 0 Å². The van der Waals surface area contributed by atoms with Crippen LogP contribution in [0.5, 0.6) is 0 Å². The van der Waals surface area contributed by atoms with Gasteiger partial charge in [0.2, 0.25) is 0 Å². The van der Waals surface area contributed by atoms with E-state index >= 15 is 0 Å². The van der Waals surface area contributed by atoms with Crippen molar-refractivity contribution in [2.75, 3.05) is 5.32 Å². The van der Waals surface area contributed by atoms with E-state index in [1.54, 1.807) is 0 Å². The molecule has 0 spiro atoms. The molecule has 0 heterocycles. The Kier molecular flexibility index (Phi) is 4.77. The molecule has 120 valence electrons. The van der Waals surface area contributed by atoms with Gasteiger partial charge in [0.25, 0.3) is 5.91 Å². The third-order valence-corrected chi connectivity index (χ3v) is 3.55. The second kappa shape index (κ2) is 6.44. The number of carbonyl (C=O) groups excluding carboxylic acids is 1. The summed E-state index contributed by atoms with van der Waals surface area (Å²) in [5.41, 5.74) is -1.83. The molecule has 2 rings (SSSR count). The lowest BCUT2D eigenvalue weighted by atomic mass is 10.1. The molecule has 23 heavy (non-hydrogen) atoms. The summed E-state index contributed by atoms with van der Waals surface area (Å²) < 4.78 is 61.9. The zero-order chi connectivity index (χ0) is 17.2. The SMILES string of the molecule is O=C(Nc1ccc(F)c(C(F)(F)F)c1)c1cccc([P+](=O)[O-])c1. The largest absolute Gasteiger partial charge is 0.591 e. The van der Waals surface area contributed by atoms with Crippen molar-refractivity contribution in [2.45, 2.75) is 6.18 Å². The van der Waals surface area contributed by atoms with Crippen LogP contribution in [0.2, 0.25) is 0 Å². The lowest BCUT2D eigenvalue weighted by Crippen LogP contribution is -2.16. The highest BCUT2D eigenvalue weighted by Crippen LogP contribution is 2.33. The number of amides is 1. The molecule has 1 unspecified atom stereocenters. The van der Waals surface area contributed by atoms with E-state index in [0.717, 1.165) is 12.1 Å². The molecule has 0 radical (unpaired) electrons. The van der Waals surface area contributed by atoms with Gasteiger partial charge in [-0.2, -0.15) is 13.2 Å². The number of anilines is 1. The van der Waals surface area contributed by atoms with E-state index in [0.29, 0.717) is 12.1 Å². The van der Waals surface area contributed by atoms with Gasteiger partial charge in [0.05, 0.1) is 5.56 Å². The van der Waals surface area contributed by atoms with Gasteiger partial charge >= 0.3 is 14.2 Å². The van der Waals surface area contributed by atoms with Crippen LogP contribution in [0.1, 0.15) is 15.9 Å². The minimum Gasteiger partial charge on any atom is -0.591 e. The Morgan fingerprint density at radius 2 is 1.83 bits per heavy atom. The standard InChI is InChI=1S/C14H8F4NO3P/c15-12-5-4-9(7-11(12)14(16,17)18)19-13(20)8-2-1-3-10(6-8)23(21)22/h1-7H,(H,19,20). The van der Waals surface area contributed by atoms with Gasteiger partial charge in [0, 0.05) is 17.3 Å². The Morgan fingerprint density at radius 1 is 1.13 bits per heavy atom. The van der Waals surface area contributed by atoms with Gasteiger partial charge in [0.1, 0.15) is 5.82 Å². The summed E-state index contributed by atoms with van der Waals surface area (Å²) in [4.78, 5) is 22.8. The second-order valence-electron chi connectivity index (χ2n) is 4.45. The van der Waals surface area contributed by atoms with Crippen molar-refractivity contribution >= 4 is 24.9 Å². The predicted octanol–water partition coefficient (Wildman–Crippen LogP) is 2.82. The van der Waals surface area contributed by atoms with Crippen molar-refractivity contribution in [3.63, 3.8) is 0 Å². The highest BCUT2D eigenvalue weighted by molar-refractivity contribution is 7.45. The van der Waals surface area contributed by atoms with Gasteiger partial charge in [-0.05, 0) is 30.3 Å². The maximum atomic E-state index is 13.2. The molecule has 2 aromatic rings.